The van der Waals surface area contributed by atoms with Crippen molar-refractivity contribution < 1.29 is 21.6 Å². The Balaban J connectivity index is 1.96. The molecule has 1 aliphatic heterocycles. The molecule has 25 heavy (non-hydrogen) atoms. The summed E-state index contributed by atoms with van der Waals surface area (Å²) in [6, 6.07) is 4.34. The van der Waals surface area contributed by atoms with E-state index in [0.29, 0.717) is 0 Å². The fourth-order valence-corrected chi connectivity index (χ4v) is 3.68. The molecule has 1 aliphatic rings. The van der Waals surface area contributed by atoms with Crippen LogP contribution >= 0.6 is 0 Å². The Morgan fingerprint density at radius 3 is 2.64 bits per heavy atom. The van der Waals surface area contributed by atoms with Gasteiger partial charge in [0, 0.05) is 6.04 Å². The zero-order valence-electron chi connectivity index (χ0n) is 13.4. The average Bonchev–Trinajstić information content (AvgIpc) is 2.91. The van der Waals surface area contributed by atoms with E-state index in [1.807, 2.05) is 18.6 Å². The van der Waals surface area contributed by atoms with Gasteiger partial charge in [-0.15, -0.1) is 5.10 Å². The summed E-state index contributed by atoms with van der Waals surface area (Å²) in [6.07, 6.45) is -3.97. The van der Waals surface area contributed by atoms with Crippen LogP contribution in [0.4, 0.5) is 24.8 Å². The number of hydrogen-bond acceptors (Lipinski definition) is 5. The van der Waals surface area contributed by atoms with Crippen LogP contribution in [-0.2, 0) is 16.2 Å². The molecular weight excluding hydrogens is 359 g/mol. The molecule has 1 aromatic carbocycles. The molecule has 2 N–H and O–H groups in total. The van der Waals surface area contributed by atoms with Gasteiger partial charge in [0.2, 0.25) is 5.95 Å². The number of benzene rings is 1. The first-order valence-electron chi connectivity index (χ1n) is 7.50. The molecule has 0 saturated heterocycles. The normalized spacial score (nSPS) is 20.7. The smallest absolute Gasteiger partial charge is 0.352 e. The molecule has 0 radical (unpaired) electrons. The molecule has 1 aromatic heterocycles. The van der Waals surface area contributed by atoms with Gasteiger partial charge in [-0.05, 0) is 32.4 Å². The van der Waals surface area contributed by atoms with E-state index in [1.165, 1.54) is 16.8 Å². The third-order valence-corrected chi connectivity index (χ3v) is 4.96. The number of para-hydroxylation sites is 1. The quantitative estimate of drug-likeness (QED) is 0.861. The van der Waals surface area contributed by atoms with E-state index in [4.69, 9.17) is 0 Å². The van der Waals surface area contributed by atoms with Crippen LogP contribution in [0.15, 0.2) is 29.4 Å². The fourth-order valence-electron chi connectivity index (χ4n) is 2.72. The van der Waals surface area contributed by atoms with Crippen LogP contribution in [0.25, 0.3) is 0 Å². The summed E-state index contributed by atoms with van der Waals surface area (Å²) in [5.41, 5.74) is -1.65. The molecule has 0 spiro atoms. The van der Waals surface area contributed by atoms with Crippen molar-refractivity contribution in [1.82, 2.24) is 14.8 Å². The number of halogens is 3. The van der Waals surface area contributed by atoms with E-state index in [0.717, 1.165) is 18.6 Å². The van der Waals surface area contributed by atoms with Crippen molar-refractivity contribution in [2.45, 2.75) is 43.7 Å². The molecule has 7 nitrogen and oxygen atoms in total. The lowest BCUT2D eigenvalue weighted by Gasteiger charge is -2.26. The lowest BCUT2D eigenvalue weighted by molar-refractivity contribution is -0.136. The van der Waals surface area contributed by atoms with Crippen molar-refractivity contribution in [3.63, 3.8) is 0 Å². The van der Waals surface area contributed by atoms with Gasteiger partial charge in [0.1, 0.15) is 0 Å². The molecule has 0 saturated carbocycles. The van der Waals surface area contributed by atoms with Gasteiger partial charge >= 0.3 is 6.18 Å². The summed E-state index contributed by atoms with van der Waals surface area (Å²) < 4.78 is 67.3. The third-order valence-electron chi connectivity index (χ3n) is 3.82. The van der Waals surface area contributed by atoms with Gasteiger partial charge in [-0.2, -0.15) is 26.6 Å². The number of rotatable bonds is 3. The predicted molar refractivity (Wildman–Crippen MR) is 84.7 cm³/mol. The maximum absolute atomic E-state index is 13.0. The predicted octanol–water partition coefficient (Wildman–Crippen LogP) is 2.86. The third kappa shape index (κ3) is 3.41. The van der Waals surface area contributed by atoms with Crippen LogP contribution in [0.3, 0.4) is 0 Å². The number of alkyl halides is 3. The SMILES string of the molecule is CC1CC(C)n2nc(S(=O)(=O)Nc3ccccc3C(F)(F)F)nc2N1. The molecule has 3 rings (SSSR count). The highest BCUT2D eigenvalue weighted by Gasteiger charge is 2.35. The lowest BCUT2D eigenvalue weighted by Crippen LogP contribution is -2.29. The summed E-state index contributed by atoms with van der Waals surface area (Å²) in [4.78, 5) is 3.92. The van der Waals surface area contributed by atoms with E-state index >= 15 is 0 Å². The van der Waals surface area contributed by atoms with Crippen molar-refractivity contribution >= 4 is 21.7 Å². The molecule has 2 unspecified atom stereocenters. The molecule has 136 valence electrons. The van der Waals surface area contributed by atoms with Crippen LogP contribution in [0.1, 0.15) is 31.9 Å². The topological polar surface area (TPSA) is 88.9 Å². The fraction of sp³-hybridized carbons (Fsp3) is 0.429. The molecule has 0 bridgehead atoms. The van der Waals surface area contributed by atoms with Crippen molar-refractivity contribution in [1.29, 1.82) is 0 Å². The Hall–Kier alpha value is -2.30. The van der Waals surface area contributed by atoms with Gasteiger partial charge in [0.25, 0.3) is 15.2 Å². The van der Waals surface area contributed by atoms with Gasteiger partial charge in [-0.1, -0.05) is 12.1 Å². The van der Waals surface area contributed by atoms with Gasteiger partial charge in [-0.25, -0.2) is 4.68 Å². The Kier molecular flexibility index (Phi) is 4.13. The number of sulfonamides is 1. The second-order valence-electron chi connectivity index (χ2n) is 5.94. The lowest BCUT2D eigenvalue weighted by atomic mass is 10.1. The summed E-state index contributed by atoms with van der Waals surface area (Å²) >= 11 is 0. The first kappa shape index (κ1) is 17.5. The number of nitrogens with zero attached hydrogens (tertiary/aromatic N) is 3. The molecule has 0 amide bonds. The minimum atomic E-state index is -4.69. The van der Waals surface area contributed by atoms with Crippen LogP contribution in [0.2, 0.25) is 0 Å². The van der Waals surface area contributed by atoms with E-state index in [9.17, 15) is 21.6 Å². The number of nitrogens with one attached hydrogen (secondary N) is 2. The number of fused-ring (bicyclic) bond motifs is 1. The van der Waals surface area contributed by atoms with Crippen LogP contribution < -0.4 is 10.0 Å². The summed E-state index contributed by atoms with van der Waals surface area (Å²) in [5.74, 6) is 0.274. The van der Waals surface area contributed by atoms with Crippen LogP contribution in [0, 0.1) is 0 Å². The number of anilines is 2. The standard InChI is InChI=1S/C14H16F3N5O2S/c1-8-7-9(2)22-12(18-8)19-13(20-22)25(23,24)21-11-6-4-3-5-10(11)14(15,16)17/h3-6,8-9,21H,7H2,1-2H3,(H,18,19,20). The minimum Gasteiger partial charge on any atom is -0.352 e. The monoisotopic (exact) mass is 375 g/mol. The highest BCUT2D eigenvalue weighted by atomic mass is 32.2. The van der Waals surface area contributed by atoms with Crippen molar-refractivity contribution in [3.05, 3.63) is 29.8 Å². The van der Waals surface area contributed by atoms with Gasteiger partial charge < -0.3 is 5.32 Å². The average molecular weight is 375 g/mol. The largest absolute Gasteiger partial charge is 0.418 e. The molecule has 2 atom stereocenters. The molecule has 11 heteroatoms. The summed E-state index contributed by atoms with van der Waals surface area (Å²) in [5, 5.41) is 6.36. The minimum absolute atomic E-state index is 0.0786. The summed E-state index contributed by atoms with van der Waals surface area (Å²) in [7, 11) is -4.36. The van der Waals surface area contributed by atoms with E-state index in [-0.39, 0.29) is 18.0 Å². The van der Waals surface area contributed by atoms with E-state index in [1.54, 1.807) is 0 Å². The van der Waals surface area contributed by atoms with Crippen LogP contribution in [-0.4, -0.2) is 29.2 Å². The maximum Gasteiger partial charge on any atom is 0.418 e. The first-order chi connectivity index (χ1) is 11.6. The van der Waals surface area contributed by atoms with Crippen molar-refractivity contribution in [2.75, 3.05) is 10.0 Å². The zero-order chi connectivity index (χ0) is 18.4. The summed E-state index contributed by atoms with van der Waals surface area (Å²) in [6.45, 7) is 3.78. The molecule has 0 fully saturated rings. The molecule has 2 aromatic rings. The Labute approximate surface area is 142 Å². The maximum atomic E-state index is 13.0. The second-order valence-corrected chi connectivity index (χ2v) is 7.52. The second kappa shape index (κ2) is 5.90. The number of hydrogen-bond donors (Lipinski definition) is 2. The zero-order valence-corrected chi connectivity index (χ0v) is 14.2. The first-order valence-corrected chi connectivity index (χ1v) is 8.98. The van der Waals surface area contributed by atoms with Crippen molar-refractivity contribution in [2.24, 2.45) is 0 Å². The van der Waals surface area contributed by atoms with Gasteiger partial charge in [-0.3, -0.25) is 4.72 Å². The Bertz CT molecular complexity index is 894. The van der Waals surface area contributed by atoms with Crippen molar-refractivity contribution in [3.8, 4) is 0 Å². The Morgan fingerprint density at radius 2 is 1.96 bits per heavy atom. The van der Waals surface area contributed by atoms with Gasteiger partial charge in [0.15, 0.2) is 0 Å². The van der Waals surface area contributed by atoms with Crippen LogP contribution in [0.5, 0.6) is 0 Å². The highest BCUT2D eigenvalue weighted by Crippen LogP contribution is 2.35. The molecular formula is C14H16F3N5O2S. The molecule has 2 heterocycles. The van der Waals surface area contributed by atoms with Gasteiger partial charge in [0.05, 0.1) is 17.3 Å². The van der Waals surface area contributed by atoms with E-state index < -0.39 is 32.6 Å². The Morgan fingerprint density at radius 1 is 1.28 bits per heavy atom. The number of aromatic nitrogens is 3. The highest BCUT2D eigenvalue weighted by molar-refractivity contribution is 7.92. The van der Waals surface area contributed by atoms with E-state index in [2.05, 4.69) is 15.4 Å². The molecule has 0 aliphatic carbocycles.